The van der Waals surface area contributed by atoms with Gasteiger partial charge in [-0.25, -0.2) is 4.98 Å². The predicted molar refractivity (Wildman–Crippen MR) is 88.6 cm³/mol. The van der Waals surface area contributed by atoms with Crippen LogP contribution in [0.1, 0.15) is 47.9 Å². The molecular formula is C16H22N4O2S. The fourth-order valence-electron chi connectivity index (χ4n) is 2.48. The number of aryl methyl sites for hydroxylation is 1. The van der Waals surface area contributed by atoms with E-state index >= 15 is 0 Å². The highest BCUT2D eigenvalue weighted by molar-refractivity contribution is 7.09. The van der Waals surface area contributed by atoms with Gasteiger partial charge in [0.2, 0.25) is 0 Å². The normalized spacial score (nSPS) is 19.1. The van der Waals surface area contributed by atoms with Crippen LogP contribution in [0, 0.1) is 0 Å². The maximum absolute atomic E-state index is 12.6. The van der Waals surface area contributed by atoms with Gasteiger partial charge in [-0.2, -0.15) is 5.10 Å². The molecule has 0 N–H and O–H groups in total. The Balaban J connectivity index is 1.73. The first-order valence-corrected chi connectivity index (χ1v) is 8.58. The summed E-state index contributed by atoms with van der Waals surface area (Å²) in [6.07, 6.45) is 3.20. The van der Waals surface area contributed by atoms with Gasteiger partial charge in [-0.3, -0.25) is 9.48 Å². The predicted octanol–water partition coefficient (Wildman–Crippen LogP) is 2.39. The van der Waals surface area contributed by atoms with Crippen molar-refractivity contribution in [1.29, 1.82) is 0 Å². The number of carbonyl (C=O) groups is 1. The van der Waals surface area contributed by atoms with Crippen LogP contribution in [0.25, 0.3) is 0 Å². The van der Waals surface area contributed by atoms with Crippen LogP contribution in [-0.2, 0) is 17.2 Å². The first-order valence-electron chi connectivity index (χ1n) is 7.70. The van der Waals surface area contributed by atoms with Crippen LogP contribution >= 0.6 is 11.3 Å². The Kier molecular flexibility index (Phi) is 4.25. The maximum atomic E-state index is 12.6. The molecule has 1 aliphatic heterocycles. The molecule has 1 saturated heterocycles. The molecule has 0 aromatic carbocycles. The maximum Gasteiger partial charge on any atom is 0.257 e. The second kappa shape index (κ2) is 6.05. The van der Waals surface area contributed by atoms with Crippen molar-refractivity contribution < 1.29 is 9.53 Å². The molecule has 124 valence electrons. The Labute approximate surface area is 140 Å². The van der Waals surface area contributed by atoms with Crippen LogP contribution in [-0.4, -0.2) is 45.3 Å². The molecule has 0 saturated carbocycles. The molecule has 0 spiro atoms. The van der Waals surface area contributed by atoms with Crippen LogP contribution in [0.4, 0.5) is 0 Å². The van der Waals surface area contributed by atoms with Gasteiger partial charge in [0.25, 0.3) is 5.91 Å². The van der Waals surface area contributed by atoms with Crippen molar-refractivity contribution in [3.8, 4) is 0 Å². The lowest BCUT2D eigenvalue weighted by Gasteiger charge is -2.31. The van der Waals surface area contributed by atoms with Gasteiger partial charge in [-0.1, -0.05) is 20.8 Å². The third kappa shape index (κ3) is 3.45. The standard InChI is InChI=1S/C16H22N4O2S/c1-16(2,3)13-10-23-14(18-13)12-9-20(5-6-22-12)15(21)11-7-17-19(4)8-11/h7-8,10,12H,5-6,9H2,1-4H3/t12-/m0/s1. The number of ether oxygens (including phenoxy) is 1. The first kappa shape index (κ1) is 16.1. The van der Waals surface area contributed by atoms with E-state index in [4.69, 9.17) is 9.72 Å². The van der Waals surface area contributed by atoms with E-state index in [0.29, 0.717) is 25.3 Å². The van der Waals surface area contributed by atoms with Crippen LogP contribution in [0.5, 0.6) is 0 Å². The smallest absolute Gasteiger partial charge is 0.257 e. The molecule has 3 heterocycles. The minimum Gasteiger partial charge on any atom is -0.367 e. The molecule has 6 nitrogen and oxygen atoms in total. The topological polar surface area (TPSA) is 60.2 Å². The van der Waals surface area contributed by atoms with Gasteiger partial charge in [0, 0.05) is 30.6 Å². The zero-order valence-electron chi connectivity index (χ0n) is 13.9. The van der Waals surface area contributed by atoms with Crippen molar-refractivity contribution >= 4 is 17.2 Å². The SMILES string of the molecule is Cn1cc(C(=O)N2CCO[C@H](c3nc(C(C)(C)C)cs3)C2)cn1. The third-order valence-electron chi connectivity index (χ3n) is 3.87. The van der Waals surface area contributed by atoms with E-state index in [9.17, 15) is 4.79 Å². The van der Waals surface area contributed by atoms with Gasteiger partial charge < -0.3 is 9.64 Å². The van der Waals surface area contributed by atoms with Crippen molar-refractivity contribution in [1.82, 2.24) is 19.7 Å². The summed E-state index contributed by atoms with van der Waals surface area (Å²) >= 11 is 1.61. The Bertz CT molecular complexity index is 701. The van der Waals surface area contributed by atoms with E-state index in [0.717, 1.165) is 10.7 Å². The second-order valence-electron chi connectivity index (χ2n) is 6.83. The minimum absolute atomic E-state index is 0.000925. The van der Waals surface area contributed by atoms with Gasteiger partial charge in [0.05, 0.1) is 30.6 Å². The van der Waals surface area contributed by atoms with Crippen LogP contribution in [0.2, 0.25) is 0 Å². The molecule has 1 atom stereocenters. The lowest BCUT2D eigenvalue weighted by atomic mass is 9.93. The van der Waals surface area contributed by atoms with Crippen LogP contribution < -0.4 is 0 Å². The van der Waals surface area contributed by atoms with E-state index < -0.39 is 0 Å². The molecule has 2 aromatic rings. The monoisotopic (exact) mass is 334 g/mol. The average Bonchev–Trinajstić information content (AvgIpc) is 3.15. The third-order valence-corrected chi connectivity index (χ3v) is 4.81. The van der Waals surface area contributed by atoms with Gasteiger partial charge in [0.15, 0.2) is 0 Å². The van der Waals surface area contributed by atoms with Gasteiger partial charge in [-0.15, -0.1) is 11.3 Å². The molecule has 2 aromatic heterocycles. The van der Waals surface area contributed by atoms with E-state index in [2.05, 4.69) is 31.2 Å². The molecule has 1 amide bonds. The lowest BCUT2D eigenvalue weighted by molar-refractivity contribution is -0.0229. The summed E-state index contributed by atoms with van der Waals surface area (Å²) in [5, 5.41) is 7.09. The van der Waals surface area contributed by atoms with E-state index in [1.807, 2.05) is 11.9 Å². The molecule has 1 aliphatic rings. The summed E-state index contributed by atoms with van der Waals surface area (Å²) in [4.78, 5) is 19.1. The molecule has 23 heavy (non-hydrogen) atoms. The number of thiazole rings is 1. The molecular weight excluding hydrogens is 312 g/mol. The minimum atomic E-state index is -0.148. The highest BCUT2D eigenvalue weighted by Gasteiger charge is 2.29. The zero-order valence-corrected chi connectivity index (χ0v) is 14.8. The fraction of sp³-hybridized carbons (Fsp3) is 0.562. The number of carbonyl (C=O) groups excluding carboxylic acids is 1. The largest absolute Gasteiger partial charge is 0.367 e. The Morgan fingerprint density at radius 1 is 1.43 bits per heavy atom. The van der Waals surface area contributed by atoms with Crippen LogP contribution in [0.15, 0.2) is 17.8 Å². The molecule has 0 radical (unpaired) electrons. The first-order chi connectivity index (χ1) is 10.8. The molecule has 0 aliphatic carbocycles. The quantitative estimate of drug-likeness (QED) is 0.846. The Morgan fingerprint density at radius 2 is 2.22 bits per heavy atom. The van der Waals surface area contributed by atoms with Gasteiger partial charge in [0.1, 0.15) is 11.1 Å². The zero-order chi connectivity index (χ0) is 16.6. The number of hydrogen-bond acceptors (Lipinski definition) is 5. The molecule has 3 rings (SSSR count). The average molecular weight is 334 g/mol. The summed E-state index contributed by atoms with van der Waals surface area (Å²) < 4.78 is 7.49. The molecule has 7 heteroatoms. The van der Waals surface area contributed by atoms with Crippen molar-refractivity contribution in [2.24, 2.45) is 7.05 Å². The number of nitrogens with zero attached hydrogens (tertiary/aromatic N) is 4. The van der Waals surface area contributed by atoms with Crippen molar-refractivity contribution in [2.75, 3.05) is 19.7 Å². The van der Waals surface area contributed by atoms with Crippen molar-refractivity contribution in [2.45, 2.75) is 32.3 Å². The summed E-state index contributed by atoms with van der Waals surface area (Å²) in [5.74, 6) is -0.000925. The van der Waals surface area contributed by atoms with Crippen molar-refractivity contribution in [3.05, 3.63) is 34.0 Å². The lowest BCUT2D eigenvalue weighted by Crippen LogP contribution is -2.42. The number of morpholine rings is 1. The van der Waals surface area contributed by atoms with Gasteiger partial charge in [-0.05, 0) is 0 Å². The number of amides is 1. The number of aromatic nitrogens is 3. The Hall–Kier alpha value is -1.73. The van der Waals surface area contributed by atoms with Crippen LogP contribution in [0.3, 0.4) is 0 Å². The number of hydrogen-bond donors (Lipinski definition) is 0. The molecule has 0 bridgehead atoms. The highest BCUT2D eigenvalue weighted by Crippen LogP contribution is 2.30. The molecule has 1 fully saturated rings. The number of rotatable bonds is 2. The summed E-state index contributed by atoms with van der Waals surface area (Å²) in [7, 11) is 1.81. The van der Waals surface area contributed by atoms with E-state index in [-0.39, 0.29) is 17.4 Å². The Morgan fingerprint density at radius 3 is 2.83 bits per heavy atom. The summed E-state index contributed by atoms with van der Waals surface area (Å²) in [6, 6.07) is 0. The van der Waals surface area contributed by atoms with Crippen molar-refractivity contribution in [3.63, 3.8) is 0 Å². The molecule has 0 unspecified atom stereocenters. The summed E-state index contributed by atoms with van der Waals surface area (Å²) in [6.45, 7) is 8.09. The van der Waals surface area contributed by atoms with E-state index in [1.165, 1.54) is 0 Å². The van der Waals surface area contributed by atoms with E-state index in [1.54, 1.807) is 28.4 Å². The second-order valence-corrected chi connectivity index (χ2v) is 7.72. The fourth-order valence-corrected chi connectivity index (χ4v) is 3.56. The van der Waals surface area contributed by atoms with Gasteiger partial charge >= 0.3 is 0 Å². The summed E-state index contributed by atoms with van der Waals surface area (Å²) in [5.41, 5.74) is 1.70. The highest BCUT2D eigenvalue weighted by atomic mass is 32.1.